The lowest BCUT2D eigenvalue weighted by Gasteiger charge is -2.12. The largest absolute Gasteiger partial charge is 0.461 e. The molecule has 0 radical (unpaired) electrons. The highest BCUT2D eigenvalue weighted by molar-refractivity contribution is 6.07. The van der Waals surface area contributed by atoms with E-state index in [1.165, 1.54) is 24.3 Å². The molecule has 3 aromatic carbocycles. The van der Waals surface area contributed by atoms with Crippen LogP contribution in [0.4, 0.5) is 10.1 Å². The van der Waals surface area contributed by atoms with Crippen LogP contribution in [0.15, 0.2) is 89.7 Å². The number of halogens is 1. The van der Waals surface area contributed by atoms with Crippen molar-refractivity contribution in [3.8, 4) is 16.8 Å². The van der Waals surface area contributed by atoms with E-state index in [9.17, 15) is 18.8 Å². The maximum absolute atomic E-state index is 13.3. The molecule has 34 heavy (non-hydrogen) atoms. The Kier molecular flexibility index (Phi) is 6.59. The van der Waals surface area contributed by atoms with E-state index in [-0.39, 0.29) is 23.7 Å². The zero-order chi connectivity index (χ0) is 24.1. The van der Waals surface area contributed by atoms with E-state index in [1.54, 1.807) is 31.2 Å². The van der Waals surface area contributed by atoms with Crippen LogP contribution in [0, 0.1) is 5.82 Å². The second-order valence-corrected chi connectivity index (χ2v) is 7.25. The molecule has 0 unspecified atom stereocenters. The summed E-state index contributed by atoms with van der Waals surface area (Å²) < 4.78 is 19.3. The number of anilines is 1. The summed E-state index contributed by atoms with van der Waals surface area (Å²) in [6.45, 7) is 1.70. The van der Waals surface area contributed by atoms with Gasteiger partial charge < -0.3 is 10.1 Å². The molecule has 1 aromatic heterocycles. The van der Waals surface area contributed by atoms with Crippen molar-refractivity contribution in [2.24, 2.45) is 0 Å². The van der Waals surface area contributed by atoms with Crippen molar-refractivity contribution in [3.63, 3.8) is 0 Å². The van der Waals surface area contributed by atoms with Crippen molar-refractivity contribution < 1.29 is 18.7 Å². The third-order valence-electron chi connectivity index (χ3n) is 4.97. The third-order valence-corrected chi connectivity index (χ3v) is 4.97. The van der Waals surface area contributed by atoms with Gasteiger partial charge in [-0.25, -0.2) is 9.18 Å². The first-order valence-electron chi connectivity index (χ1n) is 10.5. The van der Waals surface area contributed by atoms with Crippen molar-refractivity contribution >= 4 is 17.6 Å². The Balaban J connectivity index is 1.65. The lowest BCUT2D eigenvalue weighted by atomic mass is 10.0. The Morgan fingerprint density at radius 3 is 2.24 bits per heavy atom. The van der Waals surface area contributed by atoms with Gasteiger partial charge in [-0.05, 0) is 54.4 Å². The number of benzene rings is 3. The fourth-order valence-electron chi connectivity index (χ4n) is 3.31. The molecule has 170 valence electrons. The van der Waals surface area contributed by atoms with Crippen LogP contribution in [0.2, 0.25) is 0 Å². The van der Waals surface area contributed by atoms with E-state index in [4.69, 9.17) is 4.74 Å². The summed E-state index contributed by atoms with van der Waals surface area (Å²) in [5, 5.41) is 6.66. The van der Waals surface area contributed by atoms with E-state index in [0.29, 0.717) is 5.56 Å². The standard InChI is InChI=1S/C26H20FN3O4/c1-2-34-26(33)24-22(16-23(31)30(29-24)21-14-12-20(27)13-15-21)28-25(32)19-10-8-18(9-11-19)17-6-4-3-5-7-17/h3-16H,2H2,1H3,(H,28,32). The van der Waals surface area contributed by atoms with Crippen LogP contribution in [0.3, 0.4) is 0 Å². The SMILES string of the molecule is CCOC(=O)c1nn(-c2ccc(F)cc2)c(=O)cc1NC(=O)c1ccc(-c2ccccc2)cc1. The van der Waals surface area contributed by atoms with Gasteiger partial charge in [0.15, 0.2) is 5.69 Å². The van der Waals surface area contributed by atoms with Crippen LogP contribution in [0.5, 0.6) is 0 Å². The summed E-state index contributed by atoms with van der Waals surface area (Å²) in [7, 11) is 0. The first-order valence-corrected chi connectivity index (χ1v) is 10.5. The number of carbonyl (C=O) groups is 2. The molecule has 7 nitrogen and oxygen atoms in total. The minimum Gasteiger partial charge on any atom is -0.461 e. The molecule has 4 rings (SSSR count). The predicted octanol–water partition coefficient (Wildman–Crippen LogP) is 4.47. The van der Waals surface area contributed by atoms with Crippen LogP contribution in [0.25, 0.3) is 16.8 Å². The number of aromatic nitrogens is 2. The maximum atomic E-state index is 13.3. The van der Waals surface area contributed by atoms with Crippen molar-refractivity contribution in [1.82, 2.24) is 9.78 Å². The van der Waals surface area contributed by atoms with Gasteiger partial charge in [-0.1, -0.05) is 42.5 Å². The van der Waals surface area contributed by atoms with Crippen molar-refractivity contribution in [2.75, 3.05) is 11.9 Å². The number of nitrogens with zero attached hydrogens (tertiary/aromatic N) is 2. The molecule has 0 bridgehead atoms. The number of rotatable bonds is 6. The van der Waals surface area contributed by atoms with Crippen molar-refractivity contribution in [2.45, 2.75) is 6.92 Å². The number of amides is 1. The molecule has 0 saturated heterocycles. The van der Waals surface area contributed by atoms with E-state index >= 15 is 0 Å². The quantitative estimate of drug-likeness (QED) is 0.432. The van der Waals surface area contributed by atoms with E-state index < -0.39 is 23.3 Å². The Labute approximate surface area is 194 Å². The minimum atomic E-state index is -0.812. The highest BCUT2D eigenvalue weighted by Gasteiger charge is 2.20. The van der Waals surface area contributed by atoms with Gasteiger partial charge in [0.1, 0.15) is 5.82 Å². The summed E-state index contributed by atoms with van der Waals surface area (Å²) in [6.07, 6.45) is 0. The molecule has 1 N–H and O–H groups in total. The molecule has 8 heteroatoms. The number of nitrogens with one attached hydrogen (secondary N) is 1. The topological polar surface area (TPSA) is 90.3 Å². The fourth-order valence-corrected chi connectivity index (χ4v) is 3.31. The molecular formula is C26H20FN3O4. The summed E-state index contributed by atoms with van der Waals surface area (Å²) >= 11 is 0. The molecule has 0 atom stereocenters. The first-order chi connectivity index (χ1) is 16.5. The lowest BCUT2D eigenvalue weighted by Crippen LogP contribution is -2.27. The first kappa shape index (κ1) is 22.6. The third kappa shape index (κ3) is 4.91. The number of esters is 1. The van der Waals surface area contributed by atoms with Gasteiger partial charge in [-0.3, -0.25) is 9.59 Å². The Morgan fingerprint density at radius 2 is 1.59 bits per heavy atom. The van der Waals surface area contributed by atoms with E-state index in [2.05, 4.69) is 10.4 Å². The van der Waals surface area contributed by atoms with Crippen LogP contribution < -0.4 is 10.9 Å². The van der Waals surface area contributed by atoms with Gasteiger partial charge >= 0.3 is 5.97 Å². The van der Waals surface area contributed by atoms with Gasteiger partial charge in [0.25, 0.3) is 11.5 Å². The molecule has 0 aliphatic carbocycles. The molecular weight excluding hydrogens is 437 g/mol. The summed E-state index contributed by atoms with van der Waals surface area (Å²) in [5.41, 5.74) is 1.58. The lowest BCUT2D eigenvalue weighted by molar-refractivity contribution is 0.0518. The predicted molar refractivity (Wildman–Crippen MR) is 126 cm³/mol. The number of carbonyl (C=O) groups excluding carboxylic acids is 2. The van der Waals surface area contributed by atoms with E-state index in [1.807, 2.05) is 30.3 Å². The van der Waals surface area contributed by atoms with Crippen LogP contribution in [0.1, 0.15) is 27.8 Å². The molecule has 4 aromatic rings. The average molecular weight is 457 g/mol. The highest BCUT2D eigenvalue weighted by atomic mass is 19.1. The Morgan fingerprint density at radius 1 is 0.941 bits per heavy atom. The van der Waals surface area contributed by atoms with Crippen molar-refractivity contribution in [1.29, 1.82) is 0 Å². The van der Waals surface area contributed by atoms with Crippen LogP contribution in [-0.4, -0.2) is 28.3 Å². The number of hydrogen-bond donors (Lipinski definition) is 1. The molecule has 0 fully saturated rings. The van der Waals surface area contributed by atoms with Gasteiger partial charge in [-0.2, -0.15) is 9.78 Å². The summed E-state index contributed by atoms with van der Waals surface area (Å²) in [6, 6.07) is 22.7. The number of ether oxygens (including phenoxy) is 1. The monoisotopic (exact) mass is 457 g/mol. The Hall–Kier alpha value is -4.59. The maximum Gasteiger partial charge on any atom is 0.360 e. The second kappa shape index (κ2) is 9.91. The van der Waals surface area contributed by atoms with E-state index in [0.717, 1.165) is 21.9 Å². The highest BCUT2D eigenvalue weighted by Crippen LogP contribution is 2.20. The Bertz CT molecular complexity index is 1380. The molecule has 0 aliphatic heterocycles. The van der Waals surface area contributed by atoms with Gasteiger partial charge in [0, 0.05) is 11.6 Å². The van der Waals surface area contributed by atoms with Gasteiger partial charge in [0.05, 0.1) is 18.0 Å². The number of hydrogen-bond acceptors (Lipinski definition) is 5. The second-order valence-electron chi connectivity index (χ2n) is 7.25. The smallest absolute Gasteiger partial charge is 0.360 e. The normalized spacial score (nSPS) is 10.5. The molecule has 1 amide bonds. The zero-order valence-electron chi connectivity index (χ0n) is 18.2. The molecule has 0 aliphatic rings. The minimum absolute atomic E-state index is 0.0739. The molecule has 1 heterocycles. The summed E-state index contributed by atoms with van der Waals surface area (Å²) in [4.78, 5) is 38.1. The summed E-state index contributed by atoms with van der Waals surface area (Å²) in [5.74, 6) is -1.82. The fraction of sp³-hybridized carbons (Fsp3) is 0.0769. The van der Waals surface area contributed by atoms with Gasteiger partial charge in [-0.15, -0.1) is 0 Å². The molecule has 0 spiro atoms. The van der Waals surface area contributed by atoms with Gasteiger partial charge in [0.2, 0.25) is 0 Å². The van der Waals surface area contributed by atoms with Crippen LogP contribution in [-0.2, 0) is 4.74 Å². The zero-order valence-corrected chi connectivity index (χ0v) is 18.2. The average Bonchev–Trinajstić information content (AvgIpc) is 2.85. The van der Waals surface area contributed by atoms with Crippen molar-refractivity contribution in [3.05, 3.63) is 112 Å². The van der Waals surface area contributed by atoms with Crippen LogP contribution >= 0.6 is 0 Å². The molecule has 0 saturated carbocycles.